The number of piperazine rings is 1. The van der Waals surface area contributed by atoms with Crippen LogP contribution in [0.1, 0.15) is 28.4 Å². The molecule has 0 aromatic heterocycles. The largest absolute Gasteiger partial charge is 0.367 e. The van der Waals surface area contributed by atoms with E-state index in [-0.39, 0.29) is 11.7 Å². The van der Waals surface area contributed by atoms with E-state index < -0.39 is 5.91 Å². The molecule has 0 aliphatic carbocycles. The highest BCUT2D eigenvalue weighted by Crippen LogP contribution is 2.23. The minimum absolute atomic E-state index is 0.0704. The molecule has 31 heavy (non-hydrogen) atoms. The molecule has 2 N–H and O–H groups in total. The Hall–Kier alpha value is -3.71. The molecule has 1 heterocycles. The smallest absolute Gasteiger partial charge is 0.267 e. The topological polar surface area (TPSA) is 90.0 Å². The van der Waals surface area contributed by atoms with Crippen LogP contribution in [0.15, 0.2) is 60.7 Å². The Morgan fingerprint density at radius 3 is 2.19 bits per heavy atom. The van der Waals surface area contributed by atoms with Gasteiger partial charge in [-0.25, -0.2) is 5.48 Å². The van der Waals surface area contributed by atoms with Crippen LogP contribution in [0.25, 0.3) is 12.2 Å². The fourth-order valence-electron chi connectivity index (χ4n) is 3.46. The molecule has 1 aliphatic heterocycles. The van der Waals surface area contributed by atoms with Crippen LogP contribution in [-0.4, -0.2) is 53.9 Å². The maximum atomic E-state index is 12.9. The van der Waals surface area contributed by atoms with Crippen LogP contribution in [0.2, 0.25) is 0 Å². The zero-order valence-corrected chi connectivity index (χ0v) is 17.3. The summed E-state index contributed by atoms with van der Waals surface area (Å²) in [5.74, 6) is -0.650. The van der Waals surface area contributed by atoms with E-state index >= 15 is 0 Å². The Labute approximate surface area is 181 Å². The van der Waals surface area contributed by atoms with Crippen molar-refractivity contribution in [3.63, 3.8) is 0 Å². The summed E-state index contributed by atoms with van der Waals surface area (Å²) in [7, 11) is 0. The summed E-state index contributed by atoms with van der Waals surface area (Å²) in [5.41, 5.74) is 4.60. The molecular formula is C24H25N3O4. The van der Waals surface area contributed by atoms with Gasteiger partial charge in [-0.05, 0) is 41.5 Å². The van der Waals surface area contributed by atoms with Gasteiger partial charge in [0.15, 0.2) is 5.78 Å². The molecule has 1 fully saturated rings. The highest BCUT2D eigenvalue weighted by molar-refractivity contribution is 6.10. The van der Waals surface area contributed by atoms with Gasteiger partial charge in [0.2, 0.25) is 5.91 Å². The van der Waals surface area contributed by atoms with E-state index in [2.05, 4.69) is 4.90 Å². The van der Waals surface area contributed by atoms with Crippen molar-refractivity contribution in [1.29, 1.82) is 0 Å². The van der Waals surface area contributed by atoms with Crippen molar-refractivity contribution in [2.45, 2.75) is 6.92 Å². The minimum atomic E-state index is -0.614. The number of anilines is 1. The molecule has 2 aromatic rings. The normalized spacial score (nSPS) is 14.3. The molecule has 0 bridgehead atoms. The van der Waals surface area contributed by atoms with Crippen molar-refractivity contribution >= 4 is 35.4 Å². The van der Waals surface area contributed by atoms with Crippen LogP contribution < -0.4 is 10.4 Å². The summed E-state index contributed by atoms with van der Waals surface area (Å²) in [6, 6.07) is 14.8. The number of para-hydroxylation sites is 1. The van der Waals surface area contributed by atoms with Gasteiger partial charge in [0.1, 0.15) is 0 Å². The lowest BCUT2D eigenvalue weighted by Gasteiger charge is -2.36. The first-order valence-corrected chi connectivity index (χ1v) is 10.0. The van der Waals surface area contributed by atoms with E-state index in [1.807, 2.05) is 53.4 Å². The number of rotatable bonds is 6. The average Bonchev–Trinajstić information content (AvgIpc) is 2.81. The van der Waals surface area contributed by atoms with Gasteiger partial charge in [0.25, 0.3) is 5.91 Å². The third kappa shape index (κ3) is 5.90. The first-order valence-electron chi connectivity index (χ1n) is 10.0. The Morgan fingerprint density at radius 1 is 0.903 bits per heavy atom. The van der Waals surface area contributed by atoms with Crippen LogP contribution in [0.4, 0.5) is 5.69 Å². The van der Waals surface area contributed by atoms with Crippen molar-refractivity contribution in [2.75, 3.05) is 31.1 Å². The van der Waals surface area contributed by atoms with E-state index in [1.54, 1.807) is 24.6 Å². The molecule has 0 atom stereocenters. The maximum absolute atomic E-state index is 12.9. The van der Waals surface area contributed by atoms with Crippen LogP contribution in [0.3, 0.4) is 0 Å². The summed E-state index contributed by atoms with van der Waals surface area (Å²) in [4.78, 5) is 39.6. The highest BCUT2D eigenvalue weighted by atomic mass is 16.5. The lowest BCUT2D eigenvalue weighted by molar-refractivity contribution is -0.129. The third-order valence-corrected chi connectivity index (χ3v) is 5.11. The lowest BCUT2D eigenvalue weighted by Crippen LogP contribution is -2.48. The number of hydrogen-bond acceptors (Lipinski definition) is 5. The van der Waals surface area contributed by atoms with E-state index in [9.17, 15) is 14.4 Å². The van der Waals surface area contributed by atoms with Gasteiger partial charge in [-0.2, -0.15) is 0 Å². The second-order valence-electron chi connectivity index (χ2n) is 7.19. The second kappa shape index (κ2) is 10.4. The number of allylic oxidation sites excluding steroid dienone is 1. The molecule has 0 unspecified atom stereocenters. The monoisotopic (exact) mass is 419 g/mol. The van der Waals surface area contributed by atoms with Crippen molar-refractivity contribution < 1.29 is 19.6 Å². The number of benzene rings is 2. The molecule has 2 amide bonds. The van der Waals surface area contributed by atoms with E-state index in [0.717, 1.165) is 16.8 Å². The van der Waals surface area contributed by atoms with Gasteiger partial charge in [-0.1, -0.05) is 36.4 Å². The quantitative estimate of drug-likeness (QED) is 0.325. The Balaban J connectivity index is 1.73. The predicted octanol–water partition coefficient (Wildman–Crippen LogP) is 2.77. The summed E-state index contributed by atoms with van der Waals surface area (Å²) < 4.78 is 0. The Kier molecular flexibility index (Phi) is 7.35. The fraction of sp³-hybridized carbons (Fsp3) is 0.208. The van der Waals surface area contributed by atoms with Crippen molar-refractivity contribution in [2.24, 2.45) is 0 Å². The zero-order valence-electron chi connectivity index (χ0n) is 17.3. The number of nitrogens with zero attached hydrogens (tertiary/aromatic N) is 2. The molecule has 0 saturated carbocycles. The lowest BCUT2D eigenvalue weighted by atomic mass is 10.0. The van der Waals surface area contributed by atoms with Crippen LogP contribution in [-0.2, 0) is 9.59 Å². The Bertz CT molecular complexity index is 1020. The standard InChI is InChI=1S/C24H25N3O4/c1-18(28)26-13-15-27(16-14-26)22-8-3-2-7-21(22)23(29)11-9-19-5-4-6-20(17-19)10-12-24(30)25-31/h2-12,17,31H,13-16H2,1H3,(H,25,30)/b11-9+,12-10+. The number of carbonyl (C=O) groups is 3. The first kappa shape index (κ1) is 22.0. The molecule has 160 valence electrons. The van der Waals surface area contributed by atoms with Gasteiger partial charge in [-0.15, -0.1) is 0 Å². The summed E-state index contributed by atoms with van der Waals surface area (Å²) in [6.07, 6.45) is 6.06. The number of ketones is 1. The number of nitrogens with one attached hydrogen (secondary N) is 1. The molecule has 3 rings (SSSR count). The number of carbonyl (C=O) groups excluding carboxylic acids is 3. The van der Waals surface area contributed by atoms with Crippen molar-refractivity contribution in [3.8, 4) is 0 Å². The molecular weight excluding hydrogens is 394 g/mol. The van der Waals surface area contributed by atoms with Crippen LogP contribution in [0.5, 0.6) is 0 Å². The summed E-state index contributed by atoms with van der Waals surface area (Å²) >= 11 is 0. The molecule has 0 radical (unpaired) electrons. The van der Waals surface area contributed by atoms with Gasteiger partial charge in [-0.3, -0.25) is 19.6 Å². The zero-order chi connectivity index (χ0) is 22.2. The molecule has 0 spiro atoms. The van der Waals surface area contributed by atoms with Crippen LogP contribution in [0, 0.1) is 0 Å². The highest BCUT2D eigenvalue weighted by Gasteiger charge is 2.21. The maximum Gasteiger partial charge on any atom is 0.267 e. The summed E-state index contributed by atoms with van der Waals surface area (Å²) in [6.45, 7) is 4.22. The average molecular weight is 419 g/mol. The number of hydroxylamine groups is 1. The van der Waals surface area contributed by atoms with Crippen molar-refractivity contribution in [3.05, 3.63) is 77.4 Å². The predicted molar refractivity (Wildman–Crippen MR) is 120 cm³/mol. The molecule has 7 heteroatoms. The fourth-order valence-corrected chi connectivity index (χ4v) is 3.46. The Morgan fingerprint density at radius 2 is 1.55 bits per heavy atom. The molecule has 2 aromatic carbocycles. The molecule has 7 nitrogen and oxygen atoms in total. The molecule has 1 saturated heterocycles. The van der Waals surface area contributed by atoms with Gasteiger partial charge in [0.05, 0.1) is 0 Å². The van der Waals surface area contributed by atoms with E-state index in [4.69, 9.17) is 5.21 Å². The van der Waals surface area contributed by atoms with Gasteiger partial charge in [0, 0.05) is 50.4 Å². The van der Waals surface area contributed by atoms with E-state index in [1.165, 1.54) is 12.2 Å². The third-order valence-electron chi connectivity index (χ3n) is 5.11. The SMILES string of the molecule is CC(=O)N1CCN(c2ccccc2C(=O)/C=C/c2cccc(/C=C/C(=O)NO)c2)CC1. The number of amides is 2. The van der Waals surface area contributed by atoms with Crippen molar-refractivity contribution in [1.82, 2.24) is 10.4 Å². The van der Waals surface area contributed by atoms with Gasteiger partial charge < -0.3 is 9.80 Å². The van der Waals surface area contributed by atoms with Gasteiger partial charge >= 0.3 is 0 Å². The van der Waals surface area contributed by atoms with E-state index in [0.29, 0.717) is 31.7 Å². The molecule has 1 aliphatic rings. The number of hydrogen-bond donors (Lipinski definition) is 2. The second-order valence-corrected chi connectivity index (χ2v) is 7.19. The first-order chi connectivity index (χ1) is 15.0. The summed E-state index contributed by atoms with van der Waals surface area (Å²) in [5, 5.41) is 8.55. The minimum Gasteiger partial charge on any atom is -0.367 e. The van der Waals surface area contributed by atoms with Crippen LogP contribution >= 0.6 is 0 Å².